The van der Waals surface area contributed by atoms with E-state index in [2.05, 4.69) is 54.5 Å². The van der Waals surface area contributed by atoms with Crippen molar-refractivity contribution in [1.82, 2.24) is 30.2 Å². The molecule has 0 aliphatic heterocycles. The number of aromatic nitrogens is 5. The largest absolute Gasteiger partial charge is 0.396 e. The molecule has 4 rings (SSSR count). The van der Waals surface area contributed by atoms with Gasteiger partial charge in [-0.3, -0.25) is 10.00 Å². The number of nitrogens with zero attached hydrogens (tertiary/aromatic N) is 5. The van der Waals surface area contributed by atoms with E-state index in [0.717, 1.165) is 19.4 Å². The van der Waals surface area contributed by atoms with Gasteiger partial charge in [0, 0.05) is 19.2 Å². The molecule has 0 spiro atoms. The number of rotatable bonds is 7. The summed E-state index contributed by atoms with van der Waals surface area (Å²) in [7, 11) is 0. The molecule has 25 heavy (non-hydrogen) atoms. The lowest BCUT2D eigenvalue weighted by Gasteiger charge is -2.28. The third kappa shape index (κ3) is 3.31. The zero-order valence-electron chi connectivity index (χ0n) is 13.8. The molecule has 8 nitrogen and oxygen atoms in total. The van der Waals surface area contributed by atoms with E-state index in [4.69, 9.17) is 4.52 Å². The Morgan fingerprint density at radius 1 is 1.32 bits per heavy atom. The van der Waals surface area contributed by atoms with Gasteiger partial charge in [-0.2, -0.15) is 10.1 Å². The van der Waals surface area contributed by atoms with E-state index < -0.39 is 0 Å². The molecule has 1 atom stereocenters. The molecule has 2 N–H and O–H groups in total. The number of benzene rings is 1. The smallest absolute Gasteiger partial charge is 0.241 e. The molecule has 2 aromatic heterocycles. The summed E-state index contributed by atoms with van der Waals surface area (Å²) in [5.41, 5.74) is 2.75. The van der Waals surface area contributed by atoms with Crippen LogP contribution in [0.4, 0.5) is 0 Å². The van der Waals surface area contributed by atoms with Crippen LogP contribution in [0.2, 0.25) is 0 Å². The average molecular weight is 340 g/mol. The Labute approximate surface area is 144 Å². The van der Waals surface area contributed by atoms with Crippen molar-refractivity contribution in [3.63, 3.8) is 0 Å². The molecule has 1 unspecified atom stereocenters. The Hall–Kier alpha value is -2.58. The van der Waals surface area contributed by atoms with Crippen LogP contribution >= 0.6 is 0 Å². The number of hydrogen-bond acceptors (Lipinski definition) is 7. The van der Waals surface area contributed by atoms with Crippen LogP contribution in [0.5, 0.6) is 0 Å². The summed E-state index contributed by atoms with van der Waals surface area (Å²) in [5, 5.41) is 19.7. The zero-order chi connectivity index (χ0) is 17.1. The van der Waals surface area contributed by atoms with Gasteiger partial charge in [0.05, 0.1) is 6.54 Å². The van der Waals surface area contributed by atoms with E-state index in [9.17, 15) is 5.11 Å². The van der Waals surface area contributed by atoms with Crippen molar-refractivity contribution in [2.45, 2.75) is 31.8 Å². The maximum Gasteiger partial charge on any atom is 0.241 e. The Balaban J connectivity index is 1.54. The molecular weight excluding hydrogens is 320 g/mol. The Morgan fingerprint density at radius 3 is 3.08 bits per heavy atom. The number of aliphatic hydroxyl groups excluding tert-OH is 1. The van der Waals surface area contributed by atoms with Crippen molar-refractivity contribution in [3.05, 3.63) is 47.6 Å². The van der Waals surface area contributed by atoms with E-state index in [1.54, 1.807) is 0 Å². The van der Waals surface area contributed by atoms with Gasteiger partial charge >= 0.3 is 0 Å². The highest BCUT2D eigenvalue weighted by atomic mass is 16.5. The lowest BCUT2D eigenvalue weighted by Crippen LogP contribution is -2.29. The van der Waals surface area contributed by atoms with E-state index in [1.807, 2.05) is 0 Å². The fourth-order valence-corrected chi connectivity index (χ4v) is 3.44. The topological polar surface area (TPSA) is 104 Å². The fraction of sp³-hybridized carbons (Fsp3) is 0.412. The fourth-order valence-electron chi connectivity index (χ4n) is 3.44. The summed E-state index contributed by atoms with van der Waals surface area (Å²) < 4.78 is 5.39. The van der Waals surface area contributed by atoms with Crippen LogP contribution in [0, 0.1) is 0 Å². The van der Waals surface area contributed by atoms with Crippen LogP contribution in [0.3, 0.4) is 0 Å². The molecule has 0 fully saturated rings. The standard InChI is InChI=1S/C17H20N6O2/c24-9-3-8-23(14-7-6-12-4-1-2-5-13(12)14)10-15-20-17(22-25-15)16-18-11-19-21-16/h1-2,4-5,11,14,24H,3,6-10H2,(H,18,19,21). The van der Waals surface area contributed by atoms with E-state index in [1.165, 1.54) is 17.5 Å². The van der Waals surface area contributed by atoms with Gasteiger partial charge in [-0.05, 0) is 30.4 Å². The molecule has 8 heteroatoms. The van der Waals surface area contributed by atoms with Gasteiger partial charge in [-0.1, -0.05) is 29.4 Å². The summed E-state index contributed by atoms with van der Waals surface area (Å²) in [6, 6.07) is 8.85. The minimum absolute atomic E-state index is 0.165. The number of nitrogens with one attached hydrogen (secondary N) is 1. The third-order valence-corrected chi connectivity index (χ3v) is 4.58. The summed E-state index contributed by atoms with van der Waals surface area (Å²) >= 11 is 0. The third-order valence-electron chi connectivity index (χ3n) is 4.58. The maximum atomic E-state index is 9.25. The van der Waals surface area contributed by atoms with Crippen molar-refractivity contribution in [2.24, 2.45) is 0 Å². The molecule has 0 saturated carbocycles. The highest BCUT2D eigenvalue weighted by Gasteiger charge is 2.28. The predicted octanol–water partition coefficient (Wildman–Crippen LogP) is 1.73. The summed E-state index contributed by atoms with van der Waals surface area (Å²) in [5.74, 6) is 1.43. The highest BCUT2D eigenvalue weighted by Crippen LogP contribution is 2.36. The van der Waals surface area contributed by atoms with Gasteiger partial charge in [0.1, 0.15) is 6.33 Å². The van der Waals surface area contributed by atoms with Crippen molar-refractivity contribution in [1.29, 1.82) is 0 Å². The first kappa shape index (κ1) is 15.9. The minimum Gasteiger partial charge on any atom is -0.396 e. The number of fused-ring (bicyclic) bond motifs is 1. The van der Waals surface area contributed by atoms with E-state index >= 15 is 0 Å². The Bertz CT molecular complexity index is 816. The molecule has 0 radical (unpaired) electrons. The normalized spacial score (nSPS) is 16.5. The van der Waals surface area contributed by atoms with Gasteiger partial charge < -0.3 is 9.63 Å². The number of aromatic amines is 1. The molecule has 1 aliphatic carbocycles. The van der Waals surface area contributed by atoms with Crippen LogP contribution < -0.4 is 0 Å². The van der Waals surface area contributed by atoms with Gasteiger partial charge in [0.25, 0.3) is 0 Å². The van der Waals surface area contributed by atoms with Crippen molar-refractivity contribution < 1.29 is 9.63 Å². The van der Waals surface area contributed by atoms with E-state index in [-0.39, 0.29) is 6.61 Å². The lowest BCUT2D eigenvalue weighted by molar-refractivity contribution is 0.148. The maximum absolute atomic E-state index is 9.25. The van der Waals surface area contributed by atoms with Crippen LogP contribution in [0.25, 0.3) is 11.6 Å². The molecule has 0 amide bonds. The Morgan fingerprint density at radius 2 is 2.24 bits per heavy atom. The number of aliphatic hydroxyl groups is 1. The average Bonchev–Trinajstić information content (AvgIpc) is 3.38. The van der Waals surface area contributed by atoms with Crippen molar-refractivity contribution in [3.8, 4) is 11.6 Å². The first-order chi connectivity index (χ1) is 12.3. The first-order valence-electron chi connectivity index (χ1n) is 8.46. The molecule has 1 aromatic carbocycles. The second-order valence-electron chi connectivity index (χ2n) is 6.15. The van der Waals surface area contributed by atoms with Crippen molar-refractivity contribution >= 4 is 0 Å². The van der Waals surface area contributed by atoms with Gasteiger partial charge in [0.2, 0.25) is 11.7 Å². The minimum atomic E-state index is 0.165. The SMILES string of the molecule is OCCCN(Cc1nc(-c2ncn[nH]2)no1)C1CCc2ccccc21. The summed E-state index contributed by atoms with van der Waals surface area (Å²) in [4.78, 5) is 10.8. The highest BCUT2D eigenvalue weighted by molar-refractivity contribution is 5.39. The van der Waals surface area contributed by atoms with Crippen LogP contribution in [-0.2, 0) is 13.0 Å². The quantitative estimate of drug-likeness (QED) is 0.675. The summed E-state index contributed by atoms with van der Waals surface area (Å²) in [6.07, 6.45) is 4.26. The molecule has 2 heterocycles. The number of H-pyrrole nitrogens is 1. The van der Waals surface area contributed by atoms with Gasteiger partial charge in [0.15, 0.2) is 5.82 Å². The number of aryl methyl sites for hydroxylation is 1. The first-order valence-corrected chi connectivity index (χ1v) is 8.46. The van der Waals surface area contributed by atoms with Gasteiger partial charge in [-0.15, -0.1) is 0 Å². The Kier molecular flexibility index (Phi) is 4.53. The second-order valence-corrected chi connectivity index (χ2v) is 6.15. The zero-order valence-corrected chi connectivity index (χ0v) is 13.8. The van der Waals surface area contributed by atoms with Crippen molar-refractivity contribution in [2.75, 3.05) is 13.2 Å². The predicted molar refractivity (Wildman–Crippen MR) is 89.3 cm³/mol. The molecule has 130 valence electrons. The van der Waals surface area contributed by atoms with Gasteiger partial charge in [-0.25, -0.2) is 4.98 Å². The molecular formula is C17H20N6O2. The van der Waals surface area contributed by atoms with E-state index in [0.29, 0.717) is 36.5 Å². The monoisotopic (exact) mass is 340 g/mol. The molecule has 1 aliphatic rings. The molecule has 0 saturated heterocycles. The number of hydrogen-bond donors (Lipinski definition) is 2. The molecule has 0 bridgehead atoms. The lowest BCUT2D eigenvalue weighted by atomic mass is 10.1. The van der Waals surface area contributed by atoms with Crippen LogP contribution in [0.15, 0.2) is 35.1 Å². The summed E-state index contributed by atoms with van der Waals surface area (Å²) in [6.45, 7) is 1.48. The second kappa shape index (κ2) is 7.12. The van der Waals surface area contributed by atoms with Crippen LogP contribution in [-0.4, -0.2) is 48.5 Å². The van der Waals surface area contributed by atoms with Crippen LogP contribution in [0.1, 0.15) is 35.9 Å². The molecule has 3 aromatic rings.